The zero-order chi connectivity index (χ0) is 15.6. The zero-order valence-corrected chi connectivity index (χ0v) is 11.2. The van der Waals surface area contributed by atoms with Gasteiger partial charge < -0.3 is 15.7 Å². The van der Waals surface area contributed by atoms with Crippen molar-refractivity contribution >= 4 is 23.3 Å². The van der Waals surface area contributed by atoms with E-state index < -0.39 is 22.7 Å². The van der Waals surface area contributed by atoms with Gasteiger partial charge in [-0.3, -0.25) is 19.7 Å². The molecule has 1 aromatic carbocycles. The van der Waals surface area contributed by atoms with Crippen molar-refractivity contribution in [3.8, 4) is 0 Å². The molecule has 1 heterocycles. The standard InChI is InChI=1S/C13H15N3O5/c14-11-4-3-9(16(20)21)6-10(11)12(17)15-5-1-2-8(7-15)13(18)19/h3-4,6,8H,1-2,5,7,14H2,(H,18,19). The van der Waals surface area contributed by atoms with Gasteiger partial charge in [-0.15, -0.1) is 0 Å². The largest absolute Gasteiger partial charge is 0.481 e. The number of aliphatic carboxylic acids is 1. The normalized spacial score (nSPS) is 18.3. The van der Waals surface area contributed by atoms with E-state index in [1.54, 1.807) is 0 Å². The number of carbonyl (C=O) groups is 2. The maximum Gasteiger partial charge on any atom is 0.308 e. The van der Waals surface area contributed by atoms with Gasteiger partial charge in [0.25, 0.3) is 11.6 Å². The van der Waals surface area contributed by atoms with Gasteiger partial charge in [0, 0.05) is 30.9 Å². The molecule has 8 heteroatoms. The number of carboxylic acid groups (broad SMARTS) is 1. The van der Waals surface area contributed by atoms with Crippen LogP contribution in [0, 0.1) is 16.0 Å². The minimum Gasteiger partial charge on any atom is -0.481 e. The van der Waals surface area contributed by atoms with Crippen molar-refractivity contribution in [2.75, 3.05) is 18.8 Å². The fraction of sp³-hybridized carbons (Fsp3) is 0.385. The van der Waals surface area contributed by atoms with Gasteiger partial charge in [0.15, 0.2) is 0 Å². The number of anilines is 1. The molecule has 1 aromatic rings. The van der Waals surface area contributed by atoms with Crippen LogP contribution in [0.15, 0.2) is 18.2 Å². The molecule has 0 bridgehead atoms. The minimum atomic E-state index is -0.945. The summed E-state index contributed by atoms with van der Waals surface area (Å²) in [7, 11) is 0. The SMILES string of the molecule is Nc1ccc([N+](=O)[O-])cc1C(=O)N1CCCC(C(=O)O)C1. The molecule has 0 radical (unpaired) electrons. The third-order valence-electron chi connectivity index (χ3n) is 3.54. The highest BCUT2D eigenvalue weighted by Crippen LogP contribution is 2.24. The lowest BCUT2D eigenvalue weighted by atomic mass is 9.97. The molecule has 0 spiro atoms. The molecule has 3 N–H and O–H groups in total. The predicted molar refractivity (Wildman–Crippen MR) is 73.8 cm³/mol. The number of benzene rings is 1. The summed E-state index contributed by atoms with van der Waals surface area (Å²) in [6.45, 7) is 0.515. The lowest BCUT2D eigenvalue weighted by molar-refractivity contribution is -0.384. The molecule has 1 fully saturated rings. The average molecular weight is 293 g/mol. The first-order valence-electron chi connectivity index (χ1n) is 6.46. The first-order chi connectivity index (χ1) is 9.90. The molecule has 1 amide bonds. The molecule has 0 aromatic heterocycles. The van der Waals surface area contributed by atoms with Crippen molar-refractivity contribution in [2.24, 2.45) is 5.92 Å². The number of nitrogen functional groups attached to an aromatic ring is 1. The van der Waals surface area contributed by atoms with E-state index in [0.29, 0.717) is 19.4 Å². The third kappa shape index (κ3) is 3.10. The number of nitrogens with zero attached hydrogens (tertiary/aromatic N) is 2. The Bertz CT molecular complexity index is 601. The topological polar surface area (TPSA) is 127 Å². The van der Waals surface area contributed by atoms with Crippen LogP contribution in [0.4, 0.5) is 11.4 Å². The number of nitrogens with two attached hydrogens (primary N) is 1. The highest BCUT2D eigenvalue weighted by molar-refractivity contribution is 6.00. The second kappa shape index (κ2) is 5.78. The van der Waals surface area contributed by atoms with Crippen LogP contribution in [0.5, 0.6) is 0 Å². The van der Waals surface area contributed by atoms with Gasteiger partial charge in [-0.05, 0) is 18.9 Å². The summed E-state index contributed by atoms with van der Waals surface area (Å²) < 4.78 is 0. The lowest BCUT2D eigenvalue weighted by Crippen LogP contribution is -2.42. The third-order valence-corrected chi connectivity index (χ3v) is 3.54. The zero-order valence-electron chi connectivity index (χ0n) is 11.2. The summed E-state index contributed by atoms with van der Waals surface area (Å²) in [4.78, 5) is 35.0. The Morgan fingerprint density at radius 2 is 2.14 bits per heavy atom. The summed E-state index contributed by atoms with van der Waals surface area (Å²) in [5, 5.41) is 19.8. The number of likely N-dealkylation sites (tertiary alicyclic amines) is 1. The Hall–Kier alpha value is -2.64. The van der Waals surface area contributed by atoms with Crippen LogP contribution in [0.3, 0.4) is 0 Å². The van der Waals surface area contributed by atoms with Gasteiger partial charge >= 0.3 is 5.97 Å². The summed E-state index contributed by atoms with van der Waals surface area (Å²) >= 11 is 0. The number of carbonyl (C=O) groups excluding carboxylic acids is 1. The Balaban J connectivity index is 2.25. The Kier molecular flexibility index (Phi) is 4.06. The molecule has 1 saturated heterocycles. The number of hydrogen-bond acceptors (Lipinski definition) is 5. The minimum absolute atomic E-state index is 0.0373. The van der Waals surface area contributed by atoms with Crippen LogP contribution in [-0.2, 0) is 4.79 Å². The maximum absolute atomic E-state index is 12.4. The summed E-state index contributed by atoms with van der Waals surface area (Å²) in [6.07, 6.45) is 1.10. The van der Waals surface area contributed by atoms with Crippen LogP contribution >= 0.6 is 0 Å². The second-order valence-electron chi connectivity index (χ2n) is 4.96. The predicted octanol–water partition coefficient (Wildman–Crippen LogP) is 1.11. The van der Waals surface area contributed by atoms with Crippen molar-refractivity contribution < 1.29 is 19.6 Å². The Morgan fingerprint density at radius 1 is 1.43 bits per heavy atom. The average Bonchev–Trinajstić information content (AvgIpc) is 2.47. The van der Waals surface area contributed by atoms with Gasteiger partial charge in [0.2, 0.25) is 0 Å². The monoisotopic (exact) mass is 293 g/mol. The van der Waals surface area contributed by atoms with E-state index in [9.17, 15) is 19.7 Å². The van der Waals surface area contributed by atoms with E-state index in [4.69, 9.17) is 10.8 Å². The van der Waals surface area contributed by atoms with Gasteiger partial charge in [-0.2, -0.15) is 0 Å². The Morgan fingerprint density at radius 3 is 2.76 bits per heavy atom. The molecule has 8 nitrogen and oxygen atoms in total. The highest BCUT2D eigenvalue weighted by Gasteiger charge is 2.29. The molecule has 1 aliphatic rings. The molecule has 1 atom stereocenters. The van der Waals surface area contributed by atoms with Crippen molar-refractivity contribution in [3.63, 3.8) is 0 Å². The molecule has 0 saturated carbocycles. The van der Waals surface area contributed by atoms with Crippen LogP contribution in [0.1, 0.15) is 23.2 Å². The van der Waals surface area contributed by atoms with Crippen LogP contribution in [-0.4, -0.2) is 39.9 Å². The molecule has 112 valence electrons. The molecule has 1 aliphatic heterocycles. The van der Waals surface area contributed by atoms with E-state index in [1.165, 1.54) is 17.0 Å². The van der Waals surface area contributed by atoms with Gasteiger partial charge in [-0.1, -0.05) is 0 Å². The fourth-order valence-corrected chi connectivity index (χ4v) is 2.38. The van der Waals surface area contributed by atoms with Crippen LogP contribution in [0.2, 0.25) is 0 Å². The van der Waals surface area contributed by atoms with E-state index in [0.717, 1.165) is 6.07 Å². The number of nitro benzene ring substituents is 1. The lowest BCUT2D eigenvalue weighted by Gasteiger charge is -2.31. The molecule has 1 unspecified atom stereocenters. The Labute approximate surface area is 120 Å². The van der Waals surface area contributed by atoms with E-state index in [-0.39, 0.29) is 23.5 Å². The smallest absolute Gasteiger partial charge is 0.308 e. The van der Waals surface area contributed by atoms with Crippen molar-refractivity contribution in [1.82, 2.24) is 4.90 Å². The van der Waals surface area contributed by atoms with E-state index in [1.807, 2.05) is 0 Å². The van der Waals surface area contributed by atoms with Gasteiger partial charge in [0.05, 0.1) is 16.4 Å². The number of carboxylic acids is 1. The fourth-order valence-electron chi connectivity index (χ4n) is 2.38. The maximum atomic E-state index is 12.4. The number of piperidine rings is 1. The number of non-ortho nitro benzene ring substituents is 1. The number of hydrogen-bond donors (Lipinski definition) is 2. The number of rotatable bonds is 3. The molecule has 21 heavy (non-hydrogen) atoms. The van der Waals surface area contributed by atoms with E-state index in [2.05, 4.69) is 0 Å². The summed E-state index contributed by atoms with van der Waals surface area (Å²) in [5.41, 5.74) is 5.66. The van der Waals surface area contributed by atoms with Crippen molar-refractivity contribution in [3.05, 3.63) is 33.9 Å². The molecular formula is C13H15N3O5. The first kappa shape index (κ1) is 14.8. The van der Waals surface area contributed by atoms with Gasteiger partial charge in [-0.25, -0.2) is 0 Å². The number of amides is 1. The van der Waals surface area contributed by atoms with Crippen molar-refractivity contribution in [1.29, 1.82) is 0 Å². The van der Waals surface area contributed by atoms with E-state index >= 15 is 0 Å². The van der Waals surface area contributed by atoms with Crippen molar-refractivity contribution in [2.45, 2.75) is 12.8 Å². The molecule has 2 rings (SSSR count). The quantitative estimate of drug-likeness (QED) is 0.488. The molecule has 0 aliphatic carbocycles. The number of nitro groups is 1. The van der Waals surface area contributed by atoms with Crippen LogP contribution in [0.25, 0.3) is 0 Å². The molecular weight excluding hydrogens is 278 g/mol. The highest BCUT2D eigenvalue weighted by atomic mass is 16.6. The second-order valence-corrected chi connectivity index (χ2v) is 4.96. The summed E-state index contributed by atoms with van der Waals surface area (Å²) in [6, 6.07) is 3.66. The first-order valence-corrected chi connectivity index (χ1v) is 6.46. The van der Waals surface area contributed by atoms with Crippen LogP contribution < -0.4 is 5.73 Å². The van der Waals surface area contributed by atoms with Gasteiger partial charge in [0.1, 0.15) is 0 Å². The summed E-state index contributed by atoms with van der Waals surface area (Å²) in [5.74, 6) is -2.02.